The largest absolute Gasteiger partial charge is 0.313 e. The van der Waals surface area contributed by atoms with E-state index in [0.717, 1.165) is 18.9 Å². The number of nitrogens with one attached hydrogen (secondary N) is 1. The molecule has 0 heterocycles. The normalized spacial score (nSPS) is 23.4. The fourth-order valence-corrected chi connectivity index (χ4v) is 3.10. The van der Waals surface area contributed by atoms with Crippen LogP contribution >= 0.6 is 0 Å². The summed E-state index contributed by atoms with van der Waals surface area (Å²) in [6, 6.07) is 0.567. The van der Waals surface area contributed by atoms with Gasteiger partial charge in [-0.1, -0.05) is 34.6 Å². The molecule has 0 aromatic carbocycles. The van der Waals surface area contributed by atoms with Gasteiger partial charge in [0, 0.05) is 12.5 Å². The van der Waals surface area contributed by atoms with Crippen molar-refractivity contribution in [3.63, 3.8) is 0 Å². The summed E-state index contributed by atoms with van der Waals surface area (Å²) >= 11 is 0. The second-order valence-corrected chi connectivity index (χ2v) is 6.11. The van der Waals surface area contributed by atoms with Gasteiger partial charge in [-0.2, -0.15) is 0 Å². The van der Waals surface area contributed by atoms with Crippen LogP contribution in [0.15, 0.2) is 0 Å². The Hall–Kier alpha value is -0.480. The second-order valence-electron chi connectivity index (χ2n) is 6.11. The molecule has 1 aliphatic rings. The van der Waals surface area contributed by atoms with Gasteiger partial charge < -0.3 is 5.32 Å². The lowest BCUT2D eigenvalue weighted by molar-refractivity contribution is 0.404. The van der Waals surface area contributed by atoms with Gasteiger partial charge in [0.25, 0.3) is 0 Å². The average Bonchev–Trinajstić information content (AvgIpc) is 2.60. The molecule has 1 fully saturated rings. The van der Waals surface area contributed by atoms with E-state index in [2.05, 4.69) is 51.8 Å². The topological polar surface area (TPSA) is 12.0 Å². The van der Waals surface area contributed by atoms with E-state index in [0.29, 0.717) is 16.9 Å². The molecule has 0 aromatic rings. The predicted octanol–water partition coefficient (Wildman–Crippen LogP) is 3.45. The summed E-state index contributed by atoms with van der Waals surface area (Å²) < 4.78 is 0. The smallest absolute Gasteiger partial charge is 0.0246 e. The minimum atomic E-state index is 0.452. The quantitative estimate of drug-likeness (QED) is 0.701. The van der Waals surface area contributed by atoms with Crippen molar-refractivity contribution in [3.8, 4) is 11.8 Å². The molecule has 1 atom stereocenters. The summed E-state index contributed by atoms with van der Waals surface area (Å²) in [5.41, 5.74) is 0.904. The molecular formula is C15H27N. The van der Waals surface area contributed by atoms with Crippen LogP contribution in [0, 0.1) is 28.6 Å². The van der Waals surface area contributed by atoms with Gasteiger partial charge in [0.1, 0.15) is 0 Å². The summed E-state index contributed by atoms with van der Waals surface area (Å²) in [5.74, 6) is 7.02. The fourth-order valence-electron chi connectivity index (χ4n) is 3.10. The molecule has 0 aromatic heterocycles. The van der Waals surface area contributed by atoms with Gasteiger partial charge in [-0.3, -0.25) is 0 Å². The highest BCUT2D eigenvalue weighted by atomic mass is 15.0. The molecule has 1 rings (SSSR count). The molecule has 92 valence electrons. The van der Waals surface area contributed by atoms with Gasteiger partial charge in [-0.15, -0.1) is 11.8 Å². The molecule has 0 bridgehead atoms. The number of hydrogen-bond acceptors (Lipinski definition) is 1. The number of hydrogen-bond donors (Lipinski definition) is 1. The molecule has 0 spiro atoms. The van der Waals surface area contributed by atoms with Crippen LogP contribution in [0.2, 0.25) is 0 Å². The van der Waals surface area contributed by atoms with Crippen molar-refractivity contribution in [1.29, 1.82) is 0 Å². The van der Waals surface area contributed by atoms with E-state index < -0.39 is 0 Å². The summed E-state index contributed by atoms with van der Waals surface area (Å²) in [7, 11) is 0. The Balaban J connectivity index is 2.66. The van der Waals surface area contributed by atoms with E-state index in [9.17, 15) is 0 Å². The third-order valence-corrected chi connectivity index (χ3v) is 4.69. The van der Waals surface area contributed by atoms with E-state index in [1.54, 1.807) is 0 Å². The molecule has 1 saturated carbocycles. The first kappa shape index (κ1) is 13.6. The van der Waals surface area contributed by atoms with Gasteiger partial charge in [-0.25, -0.2) is 0 Å². The fraction of sp³-hybridized carbons (Fsp3) is 0.867. The Morgan fingerprint density at radius 2 is 1.75 bits per heavy atom. The lowest BCUT2D eigenvalue weighted by Crippen LogP contribution is -2.33. The second kappa shape index (κ2) is 4.80. The van der Waals surface area contributed by atoms with Crippen LogP contribution in [0.25, 0.3) is 0 Å². The molecule has 1 N–H and O–H groups in total. The highest BCUT2D eigenvalue weighted by molar-refractivity contribution is 5.18. The zero-order valence-electron chi connectivity index (χ0n) is 11.8. The van der Waals surface area contributed by atoms with Crippen LogP contribution in [-0.4, -0.2) is 12.6 Å². The zero-order chi connectivity index (χ0) is 12.4. The molecule has 1 unspecified atom stereocenters. The summed E-state index contributed by atoms with van der Waals surface area (Å²) in [6.07, 6.45) is 2.19. The van der Waals surface area contributed by atoms with Crippen molar-refractivity contribution >= 4 is 0 Å². The third kappa shape index (κ3) is 2.28. The first-order valence-electron chi connectivity index (χ1n) is 6.52. The van der Waals surface area contributed by atoms with E-state index in [-0.39, 0.29) is 0 Å². The molecule has 0 saturated heterocycles. The van der Waals surface area contributed by atoms with Crippen LogP contribution in [0.4, 0.5) is 0 Å². The van der Waals surface area contributed by atoms with E-state index in [4.69, 9.17) is 0 Å². The molecule has 16 heavy (non-hydrogen) atoms. The lowest BCUT2D eigenvalue weighted by Gasteiger charge is -2.18. The van der Waals surface area contributed by atoms with Gasteiger partial charge in [0.15, 0.2) is 0 Å². The summed E-state index contributed by atoms with van der Waals surface area (Å²) in [6.45, 7) is 14.8. The van der Waals surface area contributed by atoms with Gasteiger partial charge >= 0.3 is 0 Å². The maximum atomic E-state index is 3.67. The van der Waals surface area contributed by atoms with Gasteiger partial charge in [-0.05, 0) is 36.6 Å². The Morgan fingerprint density at radius 1 is 1.19 bits per heavy atom. The lowest BCUT2D eigenvalue weighted by atomic mass is 10.0. The minimum Gasteiger partial charge on any atom is -0.313 e. The predicted molar refractivity (Wildman–Crippen MR) is 71.2 cm³/mol. The van der Waals surface area contributed by atoms with E-state index in [1.807, 2.05) is 6.92 Å². The number of rotatable bonds is 5. The van der Waals surface area contributed by atoms with Crippen molar-refractivity contribution in [2.24, 2.45) is 16.7 Å². The SMILES string of the molecule is CC#CCC(NCCC)C1C(C)(C)C1(C)C. The zero-order valence-corrected chi connectivity index (χ0v) is 11.8. The first-order chi connectivity index (χ1) is 7.39. The molecule has 1 nitrogen and oxygen atoms in total. The van der Waals surface area contributed by atoms with E-state index in [1.165, 1.54) is 6.42 Å². The van der Waals surface area contributed by atoms with Crippen molar-refractivity contribution in [2.45, 2.75) is 60.4 Å². The third-order valence-electron chi connectivity index (χ3n) is 4.69. The van der Waals surface area contributed by atoms with Crippen molar-refractivity contribution < 1.29 is 0 Å². The Bertz CT molecular complexity index is 276. The average molecular weight is 221 g/mol. The van der Waals surface area contributed by atoms with Crippen LogP contribution in [0.5, 0.6) is 0 Å². The van der Waals surface area contributed by atoms with Crippen LogP contribution in [0.1, 0.15) is 54.4 Å². The van der Waals surface area contributed by atoms with Crippen molar-refractivity contribution in [2.75, 3.05) is 6.54 Å². The van der Waals surface area contributed by atoms with Gasteiger partial charge in [0.05, 0.1) is 0 Å². The molecule has 0 amide bonds. The molecular weight excluding hydrogens is 194 g/mol. The van der Waals surface area contributed by atoms with Gasteiger partial charge in [0.2, 0.25) is 0 Å². The first-order valence-corrected chi connectivity index (χ1v) is 6.52. The van der Waals surface area contributed by atoms with Crippen molar-refractivity contribution in [3.05, 3.63) is 0 Å². The van der Waals surface area contributed by atoms with Crippen LogP contribution < -0.4 is 5.32 Å². The Labute approximate surface area is 101 Å². The maximum Gasteiger partial charge on any atom is 0.0246 e. The molecule has 0 aliphatic heterocycles. The van der Waals surface area contributed by atoms with Crippen molar-refractivity contribution in [1.82, 2.24) is 5.32 Å². The molecule has 1 heteroatoms. The van der Waals surface area contributed by atoms with E-state index >= 15 is 0 Å². The monoisotopic (exact) mass is 221 g/mol. The minimum absolute atomic E-state index is 0.452. The Morgan fingerprint density at radius 3 is 2.12 bits per heavy atom. The Kier molecular flexibility index (Phi) is 4.07. The highest BCUT2D eigenvalue weighted by Gasteiger charge is 2.66. The maximum absolute atomic E-state index is 3.67. The van der Waals surface area contributed by atoms with Crippen LogP contribution in [-0.2, 0) is 0 Å². The highest BCUT2D eigenvalue weighted by Crippen LogP contribution is 2.69. The molecule has 1 aliphatic carbocycles. The van der Waals surface area contributed by atoms with Crippen LogP contribution in [0.3, 0.4) is 0 Å². The molecule has 0 radical (unpaired) electrons. The summed E-state index contributed by atoms with van der Waals surface area (Å²) in [5, 5.41) is 3.67. The standard InChI is InChI=1S/C15H27N/c1-7-9-10-12(16-11-8-2)13-14(3,4)15(13,5)6/h12-13,16H,8,10-11H2,1-6H3. The summed E-state index contributed by atoms with van der Waals surface area (Å²) in [4.78, 5) is 0.